The first-order valence-corrected chi connectivity index (χ1v) is 13.1. The molecule has 0 bridgehead atoms. The predicted molar refractivity (Wildman–Crippen MR) is 148 cm³/mol. The summed E-state index contributed by atoms with van der Waals surface area (Å²) in [6, 6.07) is 18.2. The highest BCUT2D eigenvalue weighted by Crippen LogP contribution is 2.44. The van der Waals surface area contributed by atoms with Gasteiger partial charge in [-0.2, -0.15) is 0 Å². The molecule has 3 aromatic rings. The van der Waals surface area contributed by atoms with E-state index in [0.717, 1.165) is 35.1 Å². The molecule has 3 rings (SSSR count). The lowest BCUT2D eigenvalue weighted by Gasteiger charge is -2.34. The molecule has 0 radical (unpaired) electrons. The summed E-state index contributed by atoms with van der Waals surface area (Å²) < 4.78 is 32.6. The Morgan fingerprint density at radius 2 is 1.74 bits per heavy atom. The van der Waals surface area contributed by atoms with E-state index in [1.807, 2.05) is 49.4 Å². The van der Waals surface area contributed by atoms with Gasteiger partial charge in [0, 0.05) is 12.7 Å². The second kappa shape index (κ2) is 12.9. The average molecular weight is 523 g/mol. The van der Waals surface area contributed by atoms with Crippen LogP contribution in [0.3, 0.4) is 0 Å². The Morgan fingerprint density at radius 1 is 0.974 bits per heavy atom. The fourth-order valence-electron chi connectivity index (χ4n) is 4.79. The van der Waals surface area contributed by atoms with E-state index in [1.54, 1.807) is 26.4 Å². The second-order valence-corrected chi connectivity index (χ2v) is 10.3. The van der Waals surface area contributed by atoms with Crippen LogP contribution in [-0.4, -0.2) is 25.3 Å². The number of halogens is 1. The van der Waals surface area contributed by atoms with Gasteiger partial charge in [-0.3, -0.25) is 4.79 Å². The number of carboxylic acid groups (broad SMARTS) is 1. The summed E-state index contributed by atoms with van der Waals surface area (Å²) >= 11 is 0. The minimum Gasteiger partial charge on any atom is -0.497 e. The number of methoxy groups -OCH3 is 2. The van der Waals surface area contributed by atoms with Gasteiger partial charge in [0.25, 0.3) is 0 Å². The van der Waals surface area contributed by atoms with Gasteiger partial charge in [0.15, 0.2) is 0 Å². The van der Waals surface area contributed by atoms with E-state index in [4.69, 9.17) is 14.2 Å². The summed E-state index contributed by atoms with van der Waals surface area (Å²) in [4.78, 5) is 11.3. The molecule has 0 aliphatic rings. The van der Waals surface area contributed by atoms with E-state index in [0.29, 0.717) is 23.7 Å². The fraction of sp³-hybridized carbons (Fsp3) is 0.406. The minimum atomic E-state index is -0.814. The standard InChI is InChI=1S/C32H39FO5/c1-7-22(18-30(34)35)23-10-9-11-25(17-23)38-20-21-12-14-26(27-19-24(36-5)13-15-29(27)33)28(16-21)31(37-6)32(3,4)8-2/h9-17,19,22,31H,7-8,18,20H2,1-6H3,(H,34,35)/t22-,31+/m1/s1. The monoisotopic (exact) mass is 522 g/mol. The third-order valence-corrected chi connectivity index (χ3v) is 7.37. The molecule has 0 saturated carbocycles. The molecule has 38 heavy (non-hydrogen) atoms. The van der Waals surface area contributed by atoms with Gasteiger partial charge in [-0.25, -0.2) is 4.39 Å². The first-order valence-electron chi connectivity index (χ1n) is 13.1. The van der Waals surface area contributed by atoms with Crippen LogP contribution < -0.4 is 9.47 Å². The topological polar surface area (TPSA) is 65.0 Å². The number of hydrogen-bond donors (Lipinski definition) is 1. The number of carbonyl (C=O) groups is 1. The van der Waals surface area contributed by atoms with Crippen molar-refractivity contribution in [2.45, 2.75) is 65.6 Å². The molecule has 3 aromatic carbocycles. The summed E-state index contributed by atoms with van der Waals surface area (Å²) in [7, 11) is 3.25. The minimum absolute atomic E-state index is 0.0709. The van der Waals surface area contributed by atoms with Gasteiger partial charge in [-0.15, -0.1) is 0 Å². The molecule has 5 nitrogen and oxygen atoms in total. The molecule has 0 fully saturated rings. The average Bonchev–Trinajstić information content (AvgIpc) is 2.91. The van der Waals surface area contributed by atoms with Crippen LogP contribution in [0, 0.1) is 11.2 Å². The van der Waals surface area contributed by atoms with Crippen molar-refractivity contribution in [2.24, 2.45) is 5.41 Å². The van der Waals surface area contributed by atoms with E-state index in [1.165, 1.54) is 6.07 Å². The highest BCUT2D eigenvalue weighted by molar-refractivity contribution is 5.71. The molecule has 0 aliphatic carbocycles. The van der Waals surface area contributed by atoms with Gasteiger partial charge in [0.2, 0.25) is 0 Å². The lowest BCUT2D eigenvalue weighted by Crippen LogP contribution is -2.24. The first kappa shape index (κ1) is 29.2. The highest BCUT2D eigenvalue weighted by Gasteiger charge is 2.32. The van der Waals surface area contributed by atoms with E-state index in [-0.39, 0.29) is 29.7 Å². The molecule has 0 unspecified atom stereocenters. The second-order valence-electron chi connectivity index (χ2n) is 10.3. The molecule has 0 heterocycles. The predicted octanol–water partition coefficient (Wildman–Crippen LogP) is 8.17. The lowest BCUT2D eigenvalue weighted by molar-refractivity contribution is -0.137. The summed E-state index contributed by atoms with van der Waals surface area (Å²) in [5.74, 6) is 0.0397. The summed E-state index contributed by atoms with van der Waals surface area (Å²) in [5.41, 5.74) is 3.75. The van der Waals surface area contributed by atoms with Crippen LogP contribution in [0.5, 0.6) is 11.5 Å². The van der Waals surface area contributed by atoms with Crippen molar-refractivity contribution < 1.29 is 28.5 Å². The molecule has 0 aliphatic heterocycles. The quantitative estimate of drug-likeness (QED) is 0.245. The van der Waals surface area contributed by atoms with Crippen LogP contribution in [0.25, 0.3) is 11.1 Å². The Balaban J connectivity index is 1.98. The van der Waals surface area contributed by atoms with Crippen LogP contribution in [0.1, 0.15) is 75.7 Å². The Morgan fingerprint density at radius 3 is 2.37 bits per heavy atom. The number of carboxylic acids is 1. The van der Waals surface area contributed by atoms with Crippen LogP contribution in [0.4, 0.5) is 4.39 Å². The zero-order chi connectivity index (χ0) is 27.9. The zero-order valence-electron chi connectivity index (χ0n) is 23.2. The Labute approximate surface area is 225 Å². The smallest absolute Gasteiger partial charge is 0.303 e. The Hall–Kier alpha value is -3.38. The fourth-order valence-corrected chi connectivity index (χ4v) is 4.79. The van der Waals surface area contributed by atoms with Crippen molar-refractivity contribution in [2.75, 3.05) is 14.2 Å². The summed E-state index contributed by atoms with van der Waals surface area (Å²) in [6.45, 7) is 8.69. The third-order valence-electron chi connectivity index (χ3n) is 7.37. The zero-order valence-corrected chi connectivity index (χ0v) is 23.2. The lowest BCUT2D eigenvalue weighted by atomic mass is 9.77. The molecule has 0 saturated heterocycles. The summed E-state index contributed by atoms with van der Waals surface area (Å²) in [6.07, 6.45) is 1.40. The molecule has 2 atom stereocenters. The van der Waals surface area contributed by atoms with Crippen LogP contribution in [-0.2, 0) is 16.1 Å². The van der Waals surface area contributed by atoms with Crippen molar-refractivity contribution >= 4 is 5.97 Å². The van der Waals surface area contributed by atoms with Gasteiger partial charge >= 0.3 is 5.97 Å². The molecule has 204 valence electrons. The van der Waals surface area contributed by atoms with Crippen LogP contribution in [0.2, 0.25) is 0 Å². The number of ether oxygens (including phenoxy) is 3. The largest absolute Gasteiger partial charge is 0.497 e. The van der Waals surface area contributed by atoms with Crippen LogP contribution >= 0.6 is 0 Å². The Kier molecular flexibility index (Phi) is 9.92. The maximum absolute atomic E-state index is 15.0. The highest BCUT2D eigenvalue weighted by atomic mass is 19.1. The van der Waals surface area contributed by atoms with Crippen LogP contribution in [0.15, 0.2) is 60.7 Å². The maximum Gasteiger partial charge on any atom is 0.303 e. The van der Waals surface area contributed by atoms with Crippen molar-refractivity contribution in [3.8, 4) is 22.6 Å². The van der Waals surface area contributed by atoms with Gasteiger partial charge in [-0.05, 0) is 82.8 Å². The number of benzene rings is 3. The number of rotatable bonds is 13. The molecular formula is C32H39FO5. The molecule has 0 aromatic heterocycles. The normalized spacial score (nSPS) is 13.1. The third kappa shape index (κ3) is 6.93. The van der Waals surface area contributed by atoms with Gasteiger partial charge < -0.3 is 19.3 Å². The van der Waals surface area contributed by atoms with E-state index < -0.39 is 5.97 Å². The van der Waals surface area contributed by atoms with Crippen molar-refractivity contribution in [3.63, 3.8) is 0 Å². The van der Waals surface area contributed by atoms with Gasteiger partial charge in [0.1, 0.15) is 23.9 Å². The van der Waals surface area contributed by atoms with Crippen molar-refractivity contribution in [3.05, 3.63) is 83.2 Å². The van der Waals surface area contributed by atoms with Crippen molar-refractivity contribution in [1.29, 1.82) is 0 Å². The molecule has 0 spiro atoms. The molecule has 1 N–H and O–H groups in total. The molecular weight excluding hydrogens is 483 g/mol. The van der Waals surface area contributed by atoms with Crippen molar-refractivity contribution in [1.82, 2.24) is 0 Å². The molecule has 6 heteroatoms. The van der Waals surface area contributed by atoms with E-state index in [2.05, 4.69) is 20.8 Å². The van der Waals surface area contributed by atoms with E-state index in [9.17, 15) is 9.90 Å². The molecule has 0 amide bonds. The summed E-state index contributed by atoms with van der Waals surface area (Å²) in [5, 5.41) is 9.24. The SMILES string of the molecule is CC[C@H](CC(=O)O)c1cccc(OCc2ccc(-c3cc(OC)ccc3F)c([C@H](OC)C(C)(C)CC)c2)c1. The first-order chi connectivity index (χ1) is 18.1. The van der Waals surface area contributed by atoms with Gasteiger partial charge in [-0.1, -0.05) is 52.0 Å². The van der Waals surface area contributed by atoms with E-state index >= 15 is 4.39 Å². The Bertz CT molecular complexity index is 1240. The number of aliphatic carboxylic acids is 1. The maximum atomic E-state index is 15.0. The van der Waals surface area contributed by atoms with Gasteiger partial charge in [0.05, 0.1) is 19.6 Å². The number of hydrogen-bond acceptors (Lipinski definition) is 4.